The van der Waals surface area contributed by atoms with E-state index in [-0.39, 0.29) is 5.54 Å². The Labute approximate surface area is 149 Å². The molecule has 0 N–H and O–H groups in total. The van der Waals surface area contributed by atoms with Gasteiger partial charge >= 0.3 is 0 Å². The lowest BCUT2D eigenvalue weighted by atomic mass is 9.76. The third-order valence-electron chi connectivity index (χ3n) is 5.70. The third-order valence-corrected chi connectivity index (χ3v) is 5.70. The van der Waals surface area contributed by atoms with Crippen LogP contribution in [0.3, 0.4) is 0 Å². The standard InChI is InChI=1S/C22H25NO2/c24-19-11-13-22(14-12-19)21-10-5-4-7-18(21)17-23(22)15-6-16-25-20-8-2-1-3-9-20/h1-5,7-10H,6,11-17H2. The predicted molar refractivity (Wildman–Crippen MR) is 98.6 cm³/mol. The van der Waals surface area contributed by atoms with E-state index in [4.69, 9.17) is 4.74 Å². The topological polar surface area (TPSA) is 29.5 Å². The SMILES string of the molecule is O=C1CCC2(CC1)c1ccccc1CN2CCCOc1ccccc1. The Bertz CT molecular complexity index is 731. The summed E-state index contributed by atoms with van der Waals surface area (Å²) in [5.41, 5.74) is 2.95. The predicted octanol–water partition coefficient (Wildman–Crippen LogP) is 4.31. The van der Waals surface area contributed by atoms with Crippen molar-refractivity contribution in [1.29, 1.82) is 0 Å². The number of rotatable bonds is 5. The monoisotopic (exact) mass is 335 g/mol. The maximum absolute atomic E-state index is 11.8. The van der Waals surface area contributed by atoms with Gasteiger partial charge in [-0.25, -0.2) is 0 Å². The number of carbonyl (C=O) groups is 1. The maximum Gasteiger partial charge on any atom is 0.133 e. The van der Waals surface area contributed by atoms with Gasteiger partial charge in [-0.05, 0) is 42.5 Å². The van der Waals surface area contributed by atoms with Crippen LogP contribution in [-0.2, 0) is 16.9 Å². The second-order valence-electron chi connectivity index (χ2n) is 7.16. The lowest BCUT2D eigenvalue weighted by Crippen LogP contribution is -2.44. The Morgan fingerprint density at radius 1 is 0.960 bits per heavy atom. The molecule has 3 heteroatoms. The molecule has 1 aliphatic heterocycles. The lowest BCUT2D eigenvalue weighted by Gasteiger charge is -2.42. The minimum absolute atomic E-state index is 0.0667. The van der Waals surface area contributed by atoms with Gasteiger partial charge in [-0.3, -0.25) is 9.69 Å². The van der Waals surface area contributed by atoms with Gasteiger partial charge < -0.3 is 4.74 Å². The first-order valence-corrected chi connectivity index (χ1v) is 9.31. The van der Waals surface area contributed by atoms with Crippen LogP contribution in [0.2, 0.25) is 0 Å². The molecule has 2 aliphatic rings. The number of ether oxygens (including phenoxy) is 1. The zero-order valence-electron chi connectivity index (χ0n) is 14.6. The van der Waals surface area contributed by atoms with Crippen LogP contribution in [-0.4, -0.2) is 23.8 Å². The fourth-order valence-electron chi connectivity index (χ4n) is 4.42. The van der Waals surface area contributed by atoms with Gasteiger partial charge in [0.2, 0.25) is 0 Å². The van der Waals surface area contributed by atoms with E-state index < -0.39 is 0 Å². The average molecular weight is 335 g/mol. The smallest absolute Gasteiger partial charge is 0.133 e. The van der Waals surface area contributed by atoms with Gasteiger partial charge in [0.05, 0.1) is 6.61 Å². The van der Waals surface area contributed by atoms with Gasteiger partial charge in [0.15, 0.2) is 0 Å². The molecule has 0 amide bonds. The molecule has 2 aromatic carbocycles. The summed E-state index contributed by atoms with van der Waals surface area (Å²) < 4.78 is 5.85. The van der Waals surface area contributed by atoms with Crippen LogP contribution in [0.1, 0.15) is 43.2 Å². The molecule has 1 heterocycles. The average Bonchev–Trinajstić information content (AvgIpc) is 2.96. The number of carbonyl (C=O) groups excluding carboxylic acids is 1. The molecule has 4 rings (SSSR count). The van der Waals surface area contributed by atoms with Crippen LogP contribution in [0, 0.1) is 0 Å². The molecule has 0 radical (unpaired) electrons. The zero-order valence-corrected chi connectivity index (χ0v) is 14.6. The summed E-state index contributed by atoms with van der Waals surface area (Å²) in [6.07, 6.45) is 4.35. The zero-order chi connectivity index (χ0) is 17.1. The van der Waals surface area contributed by atoms with E-state index in [1.807, 2.05) is 30.3 Å². The van der Waals surface area contributed by atoms with Gasteiger partial charge in [-0.2, -0.15) is 0 Å². The van der Waals surface area contributed by atoms with Crippen molar-refractivity contribution in [2.45, 2.75) is 44.2 Å². The van der Waals surface area contributed by atoms with E-state index in [9.17, 15) is 4.79 Å². The third kappa shape index (κ3) is 3.21. The molecule has 3 nitrogen and oxygen atoms in total. The number of hydrogen-bond acceptors (Lipinski definition) is 3. The molecule has 0 unspecified atom stereocenters. The van der Waals surface area contributed by atoms with Crippen LogP contribution in [0.5, 0.6) is 5.75 Å². The van der Waals surface area contributed by atoms with Gasteiger partial charge in [0.1, 0.15) is 11.5 Å². The summed E-state index contributed by atoms with van der Waals surface area (Å²) in [4.78, 5) is 14.4. The van der Waals surface area contributed by atoms with Crippen molar-refractivity contribution in [3.8, 4) is 5.75 Å². The minimum atomic E-state index is 0.0667. The van der Waals surface area contributed by atoms with Crippen molar-refractivity contribution < 1.29 is 9.53 Å². The Hall–Kier alpha value is -2.13. The molecular formula is C22H25NO2. The maximum atomic E-state index is 11.8. The molecule has 1 spiro atoms. The molecule has 1 fully saturated rings. The molecular weight excluding hydrogens is 310 g/mol. The van der Waals surface area contributed by atoms with E-state index in [0.29, 0.717) is 18.6 Å². The van der Waals surface area contributed by atoms with E-state index in [2.05, 4.69) is 29.2 Å². The number of fused-ring (bicyclic) bond motifs is 2. The molecule has 1 aliphatic carbocycles. The first kappa shape index (κ1) is 16.3. The van der Waals surface area contributed by atoms with E-state index in [0.717, 1.165) is 44.7 Å². The summed E-state index contributed by atoms with van der Waals surface area (Å²) >= 11 is 0. The summed E-state index contributed by atoms with van der Waals surface area (Å²) in [7, 11) is 0. The summed E-state index contributed by atoms with van der Waals surface area (Å²) in [5, 5.41) is 0. The van der Waals surface area contributed by atoms with Crippen LogP contribution < -0.4 is 4.74 Å². The second-order valence-corrected chi connectivity index (χ2v) is 7.16. The van der Waals surface area contributed by atoms with E-state index in [1.165, 1.54) is 11.1 Å². The van der Waals surface area contributed by atoms with Crippen LogP contribution in [0.15, 0.2) is 54.6 Å². The summed E-state index contributed by atoms with van der Waals surface area (Å²) in [6, 6.07) is 18.8. The minimum Gasteiger partial charge on any atom is -0.494 e. The van der Waals surface area contributed by atoms with Gasteiger partial charge in [-0.1, -0.05) is 42.5 Å². The summed E-state index contributed by atoms with van der Waals surface area (Å²) in [5.74, 6) is 1.35. The van der Waals surface area contributed by atoms with Crippen molar-refractivity contribution in [2.24, 2.45) is 0 Å². The number of Topliss-reactive ketones (excluding diaryl/α,β-unsaturated/α-hetero) is 1. The Balaban J connectivity index is 1.43. The molecule has 0 atom stereocenters. The fraction of sp³-hybridized carbons (Fsp3) is 0.409. The first-order valence-electron chi connectivity index (χ1n) is 9.31. The Kier molecular flexibility index (Phi) is 4.58. The molecule has 1 saturated carbocycles. The van der Waals surface area contributed by atoms with Crippen molar-refractivity contribution in [2.75, 3.05) is 13.2 Å². The van der Waals surface area contributed by atoms with Crippen molar-refractivity contribution >= 4 is 5.78 Å². The Morgan fingerprint density at radius 2 is 1.68 bits per heavy atom. The van der Waals surface area contributed by atoms with Crippen LogP contribution in [0.4, 0.5) is 0 Å². The highest BCUT2D eigenvalue weighted by Gasteiger charge is 2.46. The fourth-order valence-corrected chi connectivity index (χ4v) is 4.42. The quantitative estimate of drug-likeness (QED) is 0.763. The van der Waals surface area contributed by atoms with Crippen molar-refractivity contribution in [3.63, 3.8) is 0 Å². The second kappa shape index (κ2) is 7.01. The van der Waals surface area contributed by atoms with Gasteiger partial charge in [0, 0.05) is 31.5 Å². The van der Waals surface area contributed by atoms with E-state index >= 15 is 0 Å². The largest absolute Gasteiger partial charge is 0.494 e. The molecule has 130 valence electrons. The number of ketones is 1. The first-order chi connectivity index (χ1) is 12.3. The van der Waals surface area contributed by atoms with Crippen molar-refractivity contribution in [3.05, 3.63) is 65.7 Å². The molecule has 0 bridgehead atoms. The number of hydrogen-bond donors (Lipinski definition) is 0. The molecule has 0 aromatic heterocycles. The molecule has 2 aromatic rings. The Morgan fingerprint density at radius 3 is 2.48 bits per heavy atom. The number of nitrogens with zero attached hydrogens (tertiary/aromatic N) is 1. The van der Waals surface area contributed by atoms with E-state index in [1.54, 1.807) is 0 Å². The highest BCUT2D eigenvalue weighted by Crippen LogP contribution is 2.47. The lowest BCUT2D eigenvalue weighted by molar-refractivity contribution is -0.123. The number of para-hydroxylation sites is 1. The van der Waals surface area contributed by atoms with Gasteiger partial charge in [-0.15, -0.1) is 0 Å². The molecule has 25 heavy (non-hydrogen) atoms. The van der Waals surface area contributed by atoms with Crippen molar-refractivity contribution in [1.82, 2.24) is 4.90 Å². The highest BCUT2D eigenvalue weighted by atomic mass is 16.5. The van der Waals surface area contributed by atoms with Crippen LogP contribution >= 0.6 is 0 Å². The van der Waals surface area contributed by atoms with Gasteiger partial charge in [0.25, 0.3) is 0 Å². The normalized spacial score (nSPS) is 19.1. The van der Waals surface area contributed by atoms with Crippen LogP contribution in [0.25, 0.3) is 0 Å². The number of benzene rings is 2. The molecule has 0 saturated heterocycles. The highest BCUT2D eigenvalue weighted by molar-refractivity contribution is 5.79. The summed E-state index contributed by atoms with van der Waals surface area (Å²) in [6.45, 7) is 2.73.